The van der Waals surface area contributed by atoms with Crippen molar-refractivity contribution in [3.63, 3.8) is 0 Å². The highest BCUT2D eigenvalue weighted by molar-refractivity contribution is 5.94. The molecule has 6 heteroatoms. The predicted molar refractivity (Wildman–Crippen MR) is 81.1 cm³/mol. The number of piperazine rings is 1. The molecule has 1 fully saturated rings. The van der Waals surface area contributed by atoms with Crippen molar-refractivity contribution in [2.75, 3.05) is 32.7 Å². The highest BCUT2D eigenvalue weighted by atomic mass is 19.2. The number of rotatable bonds is 5. The largest absolute Gasteiger partial charge is 0.461 e. The Hall–Kier alpha value is -2.05. The van der Waals surface area contributed by atoms with E-state index >= 15 is 0 Å². The van der Waals surface area contributed by atoms with Gasteiger partial charge in [-0.3, -0.25) is 14.6 Å². The molecule has 0 unspecified atom stereocenters. The van der Waals surface area contributed by atoms with Gasteiger partial charge in [-0.1, -0.05) is 6.07 Å². The molecule has 1 saturated heterocycles. The molecule has 2 heterocycles. The molecule has 2 aromatic rings. The zero-order valence-corrected chi connectivity index (χ0v) is 12.7. The molecule has 0 N–H and O–H groups in total. The molecule has 0 aliphatic carbocycles. The molecule has 0 amide bonds. The summed E-state index contributed by atoms with van der Waals surface area (Å²) >= 11 is 0. The van der Waals surface area contributed by atoms with Crippen LogP contribution >= 0.6 is 0 Å². The van der Waals surface area contributed by atoms with Gasteiger partial charge in [0.05, 0.1) is 12.8 Å². The van der Waals surface area contributed by atoms with E-state index in [-0.39, 0.29) is 5.78 Å². The molecule has 4 nitrogen and oxygen atoms in total. The maximum atomic E-state index is 13.2. The molecule has 23 heavy (non-hydrogen) atoms. The van der Waals surface area contributed by atoms with Gasteiger partial charge >= 0.3 is 0 Å². The molecule has 0 radical (unpaired) electrons. The van der Waals surface area contributed by atoms with Crippen LogP contribution in [0.5, 0.6) is 0 Å². The van der Waals surface area contributed by atoms with Crippen LogP contribution in [-0.4, -0.2) is 48.3 Å². The Kier molecular flexibility index (Phi) is 4.83. The quantitative estimate of drug-likeness (QED) is 0.794. The first-order chi connectivity index (χ1) is 11.1. The van der Waals surface area contributed by atoms with E-state index in [2.05, 4.69) is 9.80 Å². The Labute approximate surface area is 133 Å². The minimum absolute atomic E-state index is 0.0240. The Bertz CT molecular complexity index is 665. The summed E-state index contributed by atoms with van der Waals surface area (Å²) in [7, 11) is 0. The molecule has 0 bridgehead atoms. The lowest BCUT2D eigenvalue weighted by atomic mass is 10.2. The predicted octanol–water partition coefficient (Wildman–Crippen LogP) is 2.56. The summed E-state index contributed by atoms with van der Waals surface area (Å²) in [4.78, 5) is 16.2. The summed E-state index contributed by atoms with van der Waals surface area (Å²) in [6, 6.07) is 7.37. The number of nitrogens with zero attached hydrogens (tertiary/aromatic N) is 2. The third-order valence-electron chi connectivity index (χ3n) is 4.02. The molecule has 1 aromatic carbocycles. The van der Waals surface area contributed by atoms with E-state index in [9.17, 15) is 13.6 Å². The molecule has 0 spiro atoms. The van der Waals surface area contributed by atoms with Gasteiger partial charge in [-0.15, -0.1) is 0 Å². The highest BCUT2D eigenvalue weighted by Crippen LogP contribution is 2.13. The highest BCUT2D eigenvalue weighted by Gasteiger charge is 2.20. The van der Waals surface area contributed by atoms with Crippen LogP contribution in [0.15, 0.2) is 41.0 Å². The van der Waals surface area contributed by atoms with Crippen LogP contribution in [0.25, 0.3) is 0 Å². The number of hydrogen-bond acceptors (Lipinski definition) is 4. The molecular weight excluding hydrogens is 302 g/mol. The van der Waals surface area contributed by atoms with E-state index < -0.39 is 11.6 Å². The van der Waals surface area contributed by atoms with Crippen molar-refractivity contribution in [2.45, 2.75) is 6.54 Å². The van der Waals surface area contributed by atoms with Gasteiger partial charge in [0.1, 0.15) is 0 Å². The van der Waals surface area contributed by atoms with Gasteiger partial charge in [0, 0.05) is 32.7 Å². The molecular formula is C17H18F2N2O2. The van der Waals surface area contributed by atoms with Crippen molar-refractivity contribution in [3.05, 3.63) is 59.6 Å². The molecule has 1 aliphatic heterocycles. The minimum atomic E-state index is -0.824. The van der Waals surface area contributed by atoms with Crippen LogP contribution in [-0.2, 0) is 6.54 Å². The van der Waals surface area contributed by atoms with E-state index in [1.165, 1.54) is 12.3 Å². The van der Waals surface area contributed by atoms with Crippen molar-refractivity contribution >= 4 is 5.78 Å². The van der Waals surface area contributed by atoms with Gasteiger partial charge in [-0.25, -0.2) is 8.78 Å². The molecule has 1 aromatic heterocycles. The number of furan rings is 1. The fourth-order valence-electron chi connectivity index (χ4n) is 2.72. The number of carbonyl (C=O) groups is 1. The van der Waals surface area contributed by atoms with Crippen molar-refractivity contribution in [2.24, 2.45) is 0 Å². The number of Topliss-reactive ketones (excluding diaryl/α,β-unsaturated/α-hetero) is 1. The fourth-order valence-corrected chi connectivity index (χ4v) is 2.72. The maximum absolute atomic E-state index is 13.2. The van der Waals surface area contributed by atoms with E-state index in [0.29, 0.717) is 18.8 Å². The average Bonchev–Trinajstić information content (AvgIpc) is 3.07. The molecule has 0 atom stereocenters. The van der Waals surface area contributed by atoms with Gasteiger partial charge in [0.2, 0.25) is 5.78 Å². The zero-order chi connectivity index (χ0) is 16.2. The number of hydrogen-bond donors (Lipinski definition) is 0. The van der Waals surface area contributed by atoms with Crippen molar-refractivity contribution in [1.29, 1.82) is 0 Å². The Morgan fingerprint density at radius 3 is 2.43 bits per heavy atom. The Balaban J connectivity index is 1.48. The summed E-state index contributed by atoms with van der Waals surface area (Å²) in [5, 5.41) is 0. The van der Waals surface area contributed by atoms with Gasteiger partial charge in [0.15, 0.2) is 17.4 Å². The third kappa shape index (κ3) is 4.03. The van der Waals surface area contributed by atoms with Gasteiger partial charge < -0.3 is 4.42 Å². The average molecular weight is 320 g/mol. The first kappa shape index (κ1) is 15.8. The number of halogens is 2. The van der Waals surface area contributed by atoms with Crippen LogP contribution in [0.1, 0.15) is 16.1 Å². The van der Waals surface area contributed by atoms with Crippen LogP contribution in [0, 0.1) is 11.6 Å². The molecule has 3 rings (SSSR count). The van der Waals surface area contributed by atoms with Crippen molar-refractivity contribution < 1.29 is 18.0 Å². The second-order valence-electron chi connectivity index (χ2n) is 5.70. The lowest BCUT2D eigenvalue weighted by Gasteiger charge is -2.34. The second-order valence-corrected chi connectivity index (χ2v) is 5.70. The fraction of sp³-hybridized carbons (Fsp3) is 0.353. The molecule has 0 saturated carbocycles. The molecule has 1 aliphatic rings. The molecule has 122 valence electrons. The first-order valence-corrected chi connectivity index (χ1v) is 7.57. The van der Waals surface area contributed by atoms with Crippen LogP contribution in [0.3, 0.4) is 0 Å². The smallest absolute Gasteiger partial charge is 0.211 e. The lowest BCUT2D eigenvalue weighted by Crippen LogP contribution is -2.47. The summed E-state index contributed by atoms with van der Waals surface area (Å²) < 4.78 is 31.3. The summed E-state index contributed by atoms with van der Waals surface area (Å²) in [6.07, 6.45) is 1.49. The van der Waals surface area contributed by atoms with E-state index in [1.807, 2.05) is 0 Å². The Morgan fingerprint density at radius 1 is 1.04 bits per heavy atom. The van der Waals surface area contributed by atoms with Gasteiger partial charge in [0.25, 0.3) is 0 Å². The van der Waals surface area contributed by atoms with E-state index in [4.69, 9.17) is 4.42 Å². The number of benzene rings is 1. The second kappa shape index (κ2) is 7.02. The SMILES string of the molecule is O=C(CN1CCN(Cc2ccc(F)c(F)c2)CC1)c1ccco1. The lowest BCUT2D eigenvalue weighted by molar-refractivity contribution is 0.0819. The minimum Gasteiger partial charge on any atom is -0.461 e. The first-order valence-electron chi connectivity index (χ1n) is 7.57. The third-order valence-corrected chi connectivity index (χ3v) is 4.02. The normalized spacial score (nSPS) is 16.6. The number of ketones is 1. The summed E-state index contributed by atoms with van der Waals surface area (Å²) in [5.74, 6) is -1.28. The van der Waals surface area contributed by atoms with E-state index in [1.54, 1.807) is 18.2 Å². The van der Waals surface area contributed by atoms with Crippen LogP contribution < -0.4 is 0 Å². The monoisotopic (exact) mass is 320 g/mol. The topological polar surface area (TPSA) is 36.7 Å². The number of carbonyl (C=O) groups excluding carboxylic acids is 1. The maximum Gasteiger partial charge on any atom is 0.211 e. The summed E-state index contributed by atoms with van der Waals surface area (Å²) in [6.45, 7) is 4.00. The Morgan fingerprint density at radius 2 is 1.78 bits per heavy atom. The van der Waals surface area contributed by atoms with Crippen molar-refractivity contribution in [1.82, 2.24) is 9.80 Å². The van der Waals surface area contributed by atoms with Crippen molar-refractivity contribution in [3.8, 4) is 0 Å². The van der Waals surface area contributed by atoms with E-state index in [0.717, 1.165) is 37.8 Å². The van der Waals surface area contributed by atoms with Crippen LogP contribution in [0.2, 0.25) is 0 Å². The zero-order valence-electron chi connectivity index (χ0n) is 12.7. The standard InChI is InChI=1S/C17H18F2N2O2/c18-14-4-3-13(10-15(14)19)11-20-5-7-21(8-6-20)12-16(22)17-2-1-9-23-17/h1-4,9-10H,5-8,11-12H2. The van der Waals surface area contributed by atoms with Gasteiger partial charge in [-0.2, -0.15) is 0 Å². The van der Waals surface area contributed by atoms with Crippen LogP contribution in [0.4, 0.5) is 8.78 Å². The van der Waals surface area contributed by atoms with Gasteiger partial charge in [-0.05, 0) is 29.8 Å². The summed E-state index contributed by atoms with van der Waals surface area (Å²) in [5.41, 5.74) is 0.754.